The molecular weight excluding hydrogens is 724 g/mol. The number of carbonyl (C=O) groups excluding carboxylic acids is 2. The summed E-state index contributed by atoms with van der Waals surface area (Å²) in [7, 11) is 2.59. The van der Waals surface area contributed by atoms with Crippen LogP contribution < -0.4 is 5.14 Å². The molecule has 3 rings (SSSR count). The Bertz CT molecular complexity index is 1300. The smallest absolute Gasteiger partial charge is 0.389 e. The molecule has 0 aliphatic heterocycles. The second-order valence-corrected chi connectivity index (χ2v) is 14.5. The van der Waals surface area contributed by atoms with Crippen molar-refractivity contribution in [2.75, 3.05) is 33.5 Å². The number of hydrogen-bond acceptors (Lipinski definition) is 9. The van der Waals surface area contributed by atoms with Crippen LogP contribution in [0.4, 0.5) is 13.2 Å². The van der Waals surface area contributed by atoms with Crippen molar-refractivity contribution in [3.63, 3.8) is 0 Å². The van der Waals surface area contributed by atoms with Gasteiger partial charge in [0.15, 0.2) is 0 Å². The maximum Gasteiger partial charge on any atom is 0.389 e. The summed E-state index contributed by atoms with van der Waals surface area (Å²) in [6, 6.07) is 17.7. The van der Waals surface area contributed by atoms with Crippen LogP contribution in [0.15, 0.2) is 72.8 Å². The van der Waals surface area contributed by atoms with Crippen molar-refractivity contribution < 1.29 is 42.4 Å². The van der Waals surface area contributed by atoms with Gasteiger partial charge in [0, 0.05) is 25.0 Å². The average molecular weight is 784 g/mol. The number of thiol groups is 1. The summed E-state index contributed by atoms with van der Waals surface area (Å²) in [5.41, 5.74) is 5.37. The average Bonchev–Trinajstić information content (AvgIpc) is 3.16. The molecular formula is C41H60F3NO6S2. The Morgan fingerprint density at radius 1 is 0.887 bits per heavy atom. The van der Waals surface area contributed by atoms with Crippen LogP contribution in [0.25, 0.3) is 11.1 Å². The molecule has 0 heterocycles. The van der Waals surface area contributed by atoms with Crippen molar-refractivity contribution in [3.05, 3.63) is 84.0 Å². The van der Waals surface area contributed by atoms with E-state index in [9.17, 15) is 22.8 Å². The first-order valence-corrected chi connectivity index (χ1v) is 20.3. The van der Waals surface area contributed by atoms with Crippen molar-refractivity contribution in [2.24, 2.45) is 22.9 Å². The van der Waals surface area contributed by atoms with E-state index in [-0.39, 0.29) is 36.7 Å². The van der Waals surface area contributed by atoms with E-state index in [2.05, 4.69) is 78.5 Å². The van der Waals surface area contributed by atoms with Crippen molar-refractivity contribution in [2.45, 2.75) is 96.1 Å². The van der Waals surface area contributed by atoms with Crippen molar-refractivity contribution in [1.82, 2.24) is 0 Å². The first kappa shape index (κ1) is 48.4. The Morgan fingerprint density at radius 2 is 1.42 bits per heavy atom. The number of esters is 1. The summed E-state index contributed by atoms with van der Waals surface area (Å²) in [6.07, 6.45) is 8.72. The van der Waals surface area contributed by atoms with Crippen LogP contribution in [0.2, 0.25) is 0 Å². The van der Waals surface area contributed by atoms with Gasteiger partial charge >= 0.3 is 12.1 Å². The number of unbranched alkanes of at least 4 members (excludes halogenated alkanes) is 2. The molecule has 1 aliphatic rings. The third-order valence-electron chi connectivity index (χ3n) is 9.40. The minimum absolute atomic E-state index is 0.0628. The number of methoxy groups -OCH3 is 1. The summed E-state index contributed by atoms with van der Waals surface area (Å²) in [6.45, 7) is 6.82. The SMILES string of the molecule is C=C(C=O)CO.C=C(CO)C(=O)OCC(CCCCc1ccc(-c2ccc(CCC3CCC(CCCCC(F)(F)F)CC3)cc2)cc1)COC.NSS. The molecule has 0 bridgehead atoms. The van der Waals surface area contributed by atoms with Gasteiger partial charge in [0.2, 0.25) is 0 Å². The van der Waals surface area contributed by atoms with E-state index in [0.29, 0.717) is 25.2 Å². The summed E-state index contributed by atoms with van der Waals surface area (Å²) < 4.78 is 47.5. The van der Waals surface area contributed by atoms with Gasteiger partial charge in [-0.15, -0.1) is 0 Å². The second-order valence-electron chi connectivity index (χ2n) is 13.6. The van der Waals surface area contributed by atoms with Gasteiger partial charge in [-0.2, -0.15) is 13.2 Å². The van der Waals surface area contributed by atoms with Crippen molar-refractivity contribution >= 4 is 34.9 Å². The minimum atomic E-state index is -4.02. The molecule has 12 heteroatoms. The van der Waals surface area contributed by atoms with Crippen LogP contribution in [-0.4, -0.2) is 62.2 Å². The Balaban J connectivity index is 0.00000139. The molecule has 1 atom stereocenters. The molecule has 2 aromatic rings. The number of nitrogens with two attached hydrogens (primary N) is 1. The van der Waals surface area contributed by atoms with Crippen LogP contribution in [0, 0.1) is 17.8 Å². The quantitative estimate of drug-likeness (QED) is 0.0188. The Labute approximate surface area is 323 Å². The van der Waals surface area contributed by atoms with E-state index in [1.165, 1.54) is 54.4 Å². The molecule has 0 spiro atoms. The molecule has 7 nitrogen and oxygen atoms in total. The topological polar surface area (TPSA) is 119 Å². The Hall–Kier alpha value is -2.61. The molecule has 53 heavy (non-hydrogen) atoms. The van der Waals surface area contributed by atoms with E-state index < -0.39 is 25.2 Å². The molecule has 4 N–H and O–H groups in total. The number of rotatable bonds is 21. The monoisotopic (exact) mass is 783 g/mol. The fourth-order valence-corrected chi connectivity index (χ4v) is 6.28. The number of ether oxygens (including phenoxy) is 2. The minimum Gasteiger partial charge on any atom is -0.462 e. The van der Waals surface area contributed by atoms with Gasteiger partial charge in [-0.25, -0.2) is 4.79 Å². The largest absolute Gasteiger partial charge is 0.462 e. The van der Waals surface area contributed by atoms with E-state index in [1.54, 1.807) is 7.11 Å². The van der Waals surface area contributed by atoms with Crippen LogP contribution in [0.5, 0.6) is 0 Å². The summed E-state index contributed by atoms with van der Waals surface area (Å²) in [5.74, 6) is 0.905. The van der Waals surface area contributed by atoms with Gasteiger partial charge in [0.1, 0.15) is 6.29 Å². The van der Waals surface area contributed by atoms with Crippen LogP contribution in [0.1, 0.15) is 88.2 Å². The molecule has 0 radical (unpaired) electrons. The fourth-order valence-electron chi connectivity index (χ4n) is 6.28. The highest BCUT2D eigenvalue weighted by atomic mass is 33.1. The van der Waals surface area contributed by atoms with Gasteiger partial charge in [0.25, 0.3) is 0 Å². The zero-order valence-electron chi connectivity index (χ0n) is 31.2. The fraction of sp³-hybridized carbons (Fsp3) is 0.561. The highest BCUT2D eigenvalue weighted by Gasteiger charge is 2.26. The van der Waals surface area contributed by atoms with Crippen LogP contribution in [-0.2, 0) is 31.9 Å². The first-order chi connectivity index (χ1) is 25.4. The number of aryl methyl sites for hydroxylation is 2. The standard InChI is InChI=1S/C37H51F3O4.C4H6O2.H3NS2/c1-28(25-41)36(42)44-27-33(26-43-2)9-4-3-7-30-16-20-34(21-17-30)35-22-18-32(19-23-35)15-14-31-12-10-29(11-13-31)8-5-6-24-37(38,39)40;1-4(2-5)3-6;1-3-2/h16-23,29,31,33,41H,1,3-15,24-27H2,2H3;2,6H,1,3H2;2H,1H2. The number of hydrogen-bond donors (Lipinski definition) is 4. The van der Waals surface area contributed by atoms with Crippen LogP contribution in [0.3, 0.4) is 0 Å². The molecule has 1 unspecified atom stereocenters. The summed E-state index contributed by atoms with van der Waals surface area (Å²) in [5, 5.41) is 21.6. The highest BCUT2D eigenvalue weighted by Crippen LogP contribution is 2.35. The Kier molecular flexibility index (Phi) is 26.3. The lowest BCUT2D eigenvalue weighted by atomic mass is 9.77. The number of alkyl halides is 3. The number of aliphatic hydroxyl groups is 2. The van der Waals surface area contributed by atoms with Gasteiger partial charge < -0.3 is 19.7 Å². The lowest BCUT2D eigenvalue weighted by molar-refractivity contribution is -0.141. The third-order valence-corrected chi connectivity index (χ3v) is 9.40. The number of carbonyl (C=O) groups is 2. The van der Waals surface area contributed by atoms with Crippen molar-refractivity contribution in [3.8, 4) is 11.1 Å². The molecule has 0 amide bonds. The number of aldehydes is 1. The lowest BCUT2D eigenvalue weighted by Gasteiger charge is -2.28. The predicted octanol–water partition coefficient (Wildman–Crippen LogP) is 9.45. The highest BCUT2D eigenvalue weighted by molar-refractivity contribution is 8.67. The number of benzene rings is 2. The van der Waals surface area contributed by atoms with E-state index >= 15 is 0 Å². The summed E-state index contributed by atoms with van der Waals surface area (Å²) in [4.78, 5) is 21.2. The third kappa shape index (κ3) is 23.0. The number of halogens is 3. The zero-order valence-corrected chi connectivity index (χ0v) is 32.9. The molecule has 298 valence electrons. The maximum absolute atomic E-state index is 12.3. The zero-order chi connectivity index (χ0) is 39.5. The molecule has 0 saturated heterocycles. The van der Waals surface area contributed by atoms with E-state index in [1.807, 2.05) is 0 Å². The summed E-state index contributed by atoms with van der Waals surface area (Å²) >= 11 is 3.48. The van der Waals surface area contributed by atoms with Gasteiger partial charge in [-0.1, -0.05) is 118 Å². The maximum atomic E-state index is 12.3. The predicted molar refractivity (Wildman–Crippen MR) is 213 cm³/mol. The lowest BCUT2D eigenvalue weighted by Crippen LogP contribution is -2.20. The van der Waals surface area contributed by atoms with Crippen LogP contribution >= 0.6 is 22.6 Å². The second kappa shape index (κ2) is 28.8. The molecule has 2 aromatic carbocycles. The molecule has 0 aromatic heterocycles. The molecule has 1 saturated carbocycles. The van der Waals surface area contributed by atoms with E-state index in [0.717, 1.165) is 55.4 Å². The van der Waals surface area contributed by atoms with Gasteiger partial charge in [-0.05, 0) is 83.6 Å². The molecule has 1 aliphatic carbocycles. The van der Waals surface area contributed by atoms with Crippen molar-refractivity contribution in [1.29, 1.82) is 0 Å². The molecule has 1 fully saturated rings. The van der Waals surface area contributed by atoms with Gasteiger partial charge in [0.05, 0.1) is 32.0 Å². The normalized spacial score (nSPS) is 15.9. The Morgan fingerprint density at radius 3 is 1.87 bits per heavy atom. The van der Waals surface area contributed by atoms with Gasteiger partial charge in [-0.3, -0.25) is 9.93 Å². The number of aliphatic hydroxyl groups excluding tert-OH is 2. The van der Waals surface area contributed by atoms with E-state index in [4.69, 9.17) is 19.7 Å². The first-order valence-electron chi connectivity index (χ1n) is 18.3.